The second-order valence-corrected chi connectivity index (χ2v) is 7.58. The summed E-state index contributed by atoms with van der Waals surface area (Å²) in [6.45, 7) is 10.4. The molecule has 0 fully saturated rings. The fourth-order valence-corrected chi connectivity index (χ4v) is 3.56. The third kappa shape index (κ3) is 5.41. The van der Waals surface area contributed by atoms with Crippen LogP contribution in [0.25, 0.3) is 11.8 Å². The highest BCUT2D eigenvalue weighted by Crippen LogP contribution is 2.26. The third-order valence-corrected chi connectivity index (χ3v) is 4.93. The van der Waals surface area contributed by atoms with Crippen LogP contribution in [0.5, 0.6) is 0 Å². The standard InChI is InChI=1S/C24H21Cl2FN2/c1-4-18-11-22(7-8-24(18)27)29-16(3)23-13-21(6-5-15(23)2)28-14-17-9-19(25)12-20(26)10-17/h4-13,28-29H,1,3,14H2,2H3. The maximum atomic E-state index is 13.7. The third-order valence-electron chi connectivity index (χ3n) is 4.49. The molecule has 5 heteroatoms. The van der Waals surface area contributed by atoms with E-state index < -0.39 is 0 Å². The van der Waals surface area contributed by atoms with Crippen molar-refractivity contribution in [3.05, 3.63) is 106 Å². The Morgan fingerprint density at radius 1 is 1.00 bits per heavy atom. The van der Waals surface area contributed by atoms with Crippen LogP contribution < -0.4 is 10.6 Å². The normalized spacial score (nSPS) is 10.5. The molecule has 2 nitrogen and oxygen atoms in total. The summed E-state index contributed by atoms with van der Waals surface area (Å²) in [5.41, 5.74) is 5.88. The van der Waals surface area contributed by atoms with E-state index in [1.807, 2.05) is 37.3 Å². The van der Waals surface area contributed by atoms with Crippen molar-refractivity contribution in [3.8, 4) is 0 Å². The van der Waals surface area contributed by atoms with Gasteiger partial charge in [0.1, 0.15) is 5.82 Å². The average Bonchev–Trinajstić information content (AvgIpc) is 2.68. The predicted molar refractivity (Wildman–Crippen MR) is 124 cm³/mol. The van der Waals surface area contributed by atoms with E-state index in [4.69, 9.17) is 23.2 Å². The molecular formula is C24H21Cl2FN2. The topological polar surface area (TPSA) is 24.1 Å². The first kappa shape index (κ1) is 21.0. The highest BCUT2D eigenvalue weighted by Gasteiger charge is 2.07. The van der Waals surface area contributed by atoms with Gasteiger partial charge in [-0.2, -0.15) is 0 Å². The van der Waals surface area contributed by atoms with Crippen LogP contribution >= 0.6 is 23.2 Å². The molecule has 2 N–H and O–H groups in total. The van der Waals surface area contributed by atoms with E-state index in [9.17, 15) is 4.39 Å². The van der Waals surface area contributed by atoms with Crippen molar-refractivity contribution in [2.24, 2.45) is 0 Å². The van der Waals surface area contributed by atoms with Gasteiger partial charge < -0.3 is 10.6 Å². The van der Waals surface area contributed by atoms with Crippen molar-refractivity contribution in [3.63, 3.8) is 0 Å². The number of nitrogens with one attached hydrogen (secondary N) is 2. The Balaban J connectivity index is 1.75. The maximum absolute atomic E-state index is 13.7. The number of rotatable bonds is 7. The molecule has 0 aliphatic rings. The lowest BCUT2D eigenvalue weighted by atomic mass is 10.0. The Kier molecular flexibility index (Phi) is 6.63. The fourth-order valence-electron chi connectivity index (χ4n) is 2.99. The summed E-state index contributed by atoms with van der Waals surface area (Å²) in [6, 6.07) is 16.3. The minimum atomic E-state index is -0.306. The van der Waals surface area contributed by atoms with Crippen LogP contribution in [0.3, 0.4) is 0 Å². The SMILES string of the molecule is C=Cc1cc(NC(=C)c2cc(NCc3cc(Cl)cc(Cl)c3)ccc2C)ccc1F. The van der Waals surface area contributed by atoms with Gasteiger partial charge in [-0.25, -0.2) is 4.39 Å². The number of benzene rings is 3. The first-order chi connectivity index (χ1) is 13.9. The van der Waals surface area contributed by atoms with Gasteiger partial charge in [0.2, 0.25) is 0 Å². The van der Waals surface area contributed by atoms with Crippen molar-refractivity contribution in [2.45, 2.75) is 13.5 Å². The highest BCUT2D eigenvalue weighted by molar-refractivity contribution is 6.34. The first-order valence-electron chi connectivity index (χ1n) is 9.03. The minimum absolute atomic E-state index is 0.306. The molecule has 0 bridgehead atoms. The molecule has 0 spiro atoms. The van der Waals surface area contributed by atoms with Crippen molar-refractivity contribution in [1.29, 1.82) is 0 Å². The van der Waals surface area contributed by atoms with Crippen LogP contribution in [-0.2, 0) is 6.54 Å². The molecule has 0 aliphatic heterocycles. The summed E-state index contributed by atoms with van der Waals surface area (Å²) in [6.07, 6.45) is 1.49. The van der Waals surface area contributed by atoms with E-state index in [1.165, 1.54) is 12.1 Å². The first-order valence-corrected chi connectivity index (χ1v) is 9.79. The van der Waals surface area contributed by atoms with Gasteiger partial charge in [0.15, 0.2) is 0 Å². The lowest BCUT2D eigenvalue weighted by Gasteiger charge is -2.15. The van der Waals surface area contributed by atoms with E-state index in [2.05, 4.69) is 23.8 Å². The van der Waals surface area contributed by atoms with Crippen LogP contribution in [0.15, 0.2) is 67.8 Å². The Hall–Kier alpha value is -2.75. The maximum Gasteiger partial charge on any atom is 0.130 e. The van der Waals surface area contributed by atoms with Crippen LogP contribution in [0.2, 0.25) is 10.0 Å². The quantitative estimate of drug-likeness (QED) is 0.402. The molecule has 3 aromatic carbocycles. The number of hydrogen-bond donors (Lipinski definition) is 2. The molecule has 0 unspecified atom stereocenters. The Morgan fingerprint density at radius 3 is 2.38 bits per heavy atom. The number of hydrogen-bond acceptors (Lipinski definition) is 2. The summed E-state index contributed by atoms with van der Waals surface area (Å²) < 4.78 is 13.7. The van der Waals surface area contributed by atoms with E-state index in [0.717, 1.165) is 33.8 Å². The van der Waals surface area contributed by atoms with Crippen LogP contribution in [-0.4, -0.2) is 0 Å². The smallest absolute Gasteiger partial charge is 0.130 e. The van der Waals surface area contributed by atoms with E-state index >= 15 is 0 Å². The van der Waals surface area contributed by atoms with Crippen LogP contribution in [0.1, 0.15) is 22.3 Å². The Bertz CT molecular complexity index is 1060. The zero-order valence-corrected chi connectivity index (χ0v) is 17.5. The van der Waals surface area contributed by atoms with Crippen molar-refractivity contribution < 1.29 is 4.39 Å². The lowest BCUT2D eigenvalue weighted by molar-refractivity contribution is 0.625. The van der Waals surface area contributed by atoms with Crippen molar-refractivity contribution in [2.75, 3.05) is 10.6 Å². The second kappa shape index (κ2) is 9.17. The molecule has 0 saturated carbocycles. The summed E-state index contributed by atoms with van der Waals surface area (Å²) in [4.78, 5) is 0. The van der Waals surface area contributed by atoms with Gasteiger partial charge in [-0.1, -0.05) is 48.5 Å². The number of aryl methyl sites for hydroxylation is 1. The van der Waals surface area contributed by atoms with E-state index in [-0.39, 0.29) is 5.82 Å². The fraction of sp³-hybridized carbons (Fsp3) is 0.0833. The van der Waals surface area contributed by atoms with Crippen molar-refractivity contribution >= 4 is 46.3 Å². The van der Waals surface area contributed by atoms with Gasteiger partial charge in [-0.05, 0) is 66.6 Å². The summed E-state index contributed by atoms with van der Waals surface area (Å²) >= 11 is 12.1. The summed E-state index contributed by atoms with van der Waals surface area (Å²) in [5, 5.41) is 7.84. The molecule has 0 amide bonds. The van der Waals surface area contributed by atoms with Gasteiger partial charge in [-0.3, -0.25) is 0 Å². The molecule has 0 aliphatic carbocycles. The zero-order chi connectivity index (χ0) is 21.0. The van der Waals surface area contributed by atoms with Crippen LogP contribution in [0.4, 0.5) is 15.8 Å². The predicted octanol–water partition coefficient (Wildman–Crippen LogP) is 7.78. The second-order valence-electron chi connectivity index (χ2n) is 6.70. The highest BCUT2D eigenvalue weighted by atomic mass is 35.5. The van der Waals surface area contributed by atoms with Gasteiger partial charge in [-0.15, -0.1) is 0 Å². The summed E-state index contributed by atoms with van der Waals surface area (Å²) in [7, 11) is 0. The van der Waals surface area contributed by atoms with Crippen molar-refractivity contribution in [1.82, 2.24) is 0 Å². The molecule has 148 valence electrons. The molecule has 3 aromatic rings. The molecule has 0 aromatic heterocycles. The minimum Gasteiger partial charge on any atom is -0.381 e. The van der Waals surface area contributed by atoms with Gasteiger partial charge >= 0.3 is 0 Å². The average molecular weight is 427 g/mol. The molecule has 29 heavy (non-hydrogen) atoms. The zero-order valence-electron chi connectivity index (χ0n) is 16.0. The molecular weight excluding hydrogens is 406 g/mol. The van der Waals surface area contributed by atoms with Crippen LogP contribution in [0, 0.1) is 12.7 Å². The van der Waals surface area contributed by atoms with Gasteiger partial charge in [0.25, 0.3) is 0 Å². The molecule has 0 atom stereocenters. The lowest BCUT2D eigenvalue weighted by Crippen LogP contribution is -2.03. The van der Waals surface area contributed by atoms with Gasteiger partial charge in [0.05, 0.1) is 0 Å². The van der Waals surface area contributed by atoms with E-state index in [0.29, 0.717) is 22.2 Å². The summed E-state index contributed by atoms with van der Waals surface area (Å²) in [5.74, 6) is -0.306. The number of anilines is 2. The Morgan fingerprint density at radius 2 is 1.69 bits per heavy atom. The van der Waals surface area contributed by atoms with Gasteiger partial charge in [0, 0.05) is 44.8 Å². The largest absolute Gasteiger partial charge is 0.381 e. The number of halogens is 3. The van der Waals surface area contributed by atoms with E-state index in [1.54, 1.807) is 18.2 Å². The monoisotopic (exact) mass is 426 g/mol. The molecule has 0 radical (unpaired) electrons. The Labute approximate surface area is 180 Å². The molecule has 3 rings (SSSR count). The molecule has 0 saturated heterocycles. The molecule has 0 heterocycles.